The van der Waals surface area contributed by atoms with Crippen molar-refractivity contribution in [3.05, 3.63) is 46.5 Å². The van der Waals surface area contributed by atoms with E-state index in [4.69, 9.17) is 5.11 Å². The predicted molar refractivity (Wildman–Crippen MR) is 90.4 cm³/mol. The lowest BCUT2D eigenvalue weighted by Gasteiger charge is -2.41. The number of hydrogen-bond donors (Lipinski definition) is 2. The molecule has 2 atom stereocenters. The lowest BCUT2D eigenvalue weighted by Crippen LogP contribution is -2.28. The van der Waals surface area contributed by atoms with Crippen molar-refractivity contribution in [2.75, 3.05) is 0 Å². The second-order valence-electron chi connectivity index (χ2n) is 7.69. The number of aliphatic hydroxyl groups excluding tert-OH is 1. The molecular weight excluding hydrogens is 288 g/mol. The van der Waals surface area contributed by atoms with Crippen LogP contribution in [-0.4, -0.2) is 16.2 Å². The zero-order chi connectivity index (χ0) is 16.6. The summed E-state index contributed by atoms with van der Waals surface area (Å²) in [5.74, 6) is -0.690. The molecule has 1 aromatic carbocycles. The molecule has 0 radical (unpaired) electrons. The van der Waals surface area contributed by atoms with Gasteiger partial charge in [-0.3, -0.25) is 0 Å². The van der Waals surface area contributed by atoms with Gasteiger partial charge in [-0.25, -0.2) is 4.79 Å². The van der Waals surface area contributed by atoms with Crippen molar-refractivity contribution in [1.82, 2.24) is 0 Å². The standard InChI is InChI=1S/C20H26O3/c1-20(2)11-3-4-13-5-10-16(12-17(13)20)18(21)14-6-8-15(9-7-14)19(22)23/h6-9,16,18,21H,3-5,10-12H2,1-2H3,(H,22,23). The largest absolute Gasteiger partial charge is 0.478 e. The van der Waals surface area contributed by atoms with E-state index >= 15 is 0 Å². The third kappa shape index (κ3) is 3.20. The fraction of sp³-hybridized carbons (Fsp3) is 0.550. The second-order valence-corrected chi connectivity index (χ2v) is 7.69. The smallest absolute Gasteiger partial charge is 0.335 e. The summed E-state index contributed by atoms with van der Waals surface area (Å²) in [6.45, 7) is 4.66. The Hall–Kier alpha value is -1.61. The normalized spacial score (nSPS) is 24.9. The first-order chi connectivity index (χ1) is 10.9. The molecule has 0 bridgehead atoms. The highest BCUT2D eigenvalue weighted by molar-refractivity contribution is 5.87. The van der Waals surface area contributed by atoms with Gasteiger partial charge in [-0.15, -0.1) is 0 Å². The number of benzene rings is 1. The molecule has 0 amide bonds. The van der Waals surface area contributed by atoms with Crippen molar-refractivity contribution >= 4 is 5.97 Å². The van der Waals surface area contributed by atoms with E-state index in [1.807, 2.05) is 0 Å². The molecule has 1 aromatic rings. The summed E-state index contributed by atoms with van der Waals surface area (Å²) in [6, 6.07) is 6.67. The Bertz CT molecular complexity index is 625. The maximum atomic E-state index is 10.9. The zero-order valence-corrected chi connectivity index (χ0v) is 14.0. The lowest BCUT2D eigenvalue weighted by atomic mass is 9.64. The third-order valence-electron chi connectivity index (χ3n) is 5.75. The number of carboxylic acids is 1. The van der Waals surface area contributed by atoms with Crippen LogP contribution in [0.4, 0.5) is 0 Å². The van der Waals surface area contributed by atoms with Crippen LogP contribution >= 0.6 is 0 Å². The molecule has 2 unspecified atom stereocenters. The van der Waals surface area contributed by atoms with Crippen LogP contribution in [0.25, 0.3) is 0 Å². The van der Waals surface area contributed by atoms with Gasteiger partial charge in [0.25, 0.3) is 0 Å². The van der Waals surface area contributed by atoms with E-state index in [9.17, 15) is 9.90 Å². The minimum Gasteiger partial charge on any atom is -0.478 e. The predicted octanol–water partition coefficient (Wildman–Crippen LogP) is 4.73. The first-order valence-electron chi connectivity index (χ1n) is 8.61. The van der Waals surface area contributed by atoms with Crippen LogP contribution in [0.5, 0.6) is 0 Å². The van der Waals surface area contributed by atoms with Crippen molar-refractivity contribution in [1.29, 1.82) is 0 Å². The summed E-state index contributed by atoms with van der Waals surface area (Å²) in [6.07, 6.45) is 6.35. The van der Waals surface area contributed by atoms with E-state index in [-0.39, 0.29) is 16.9 Å². The van der Waals surface area contributed by atoms with Gasteiger partial charge in [0.05, 0.1) is 11.7 Å². The molecule has 0 aromatic heterocycles. The van der Waals surface area contributed by atoms with E-state index < -0.39 is 12.1 Å². The molecule has 124 valence electrons. The summed E-state index contributed by atoms with van der Waals surface area (Å²) >= 11 is 0. The molecule has 3 heteroatoms. The molecule has 0 fully saturated rings. The minimum atomic E-state index is -0.928. The number of allylic oxidation sites excluding steroid dienone is 2. The van der Waals surface area contributed by atoms with Crippen molar-refractivity contribution in [2.45, 2.75) is 58.5 Å². The maximum absolute atomic E-state index is 10.9. The number of rotatable bonds is 3. The molecule has 3 nitrogen and oxygen atoms in total. The molecule has 2 aliphatic rings. The van der Waals surface area contributed by atoms with Gasteiger partial charge in [-0.2, -0.15) is 0 Å². The van der Waals surface area contributed by atoms with Crippen LogP contribution < -0.4 is 0 Å². The maximum Gasteiger partial charge on any atom is 0.335 e. The van der Waals surface area contributed by atoms with Crippen molar-refractivity contribution in [2.24, 2.45) is 11.3 Å². The van der Waals surface area contributed by atoms with Gasteiger partial charge in [-0.1, -0.05) is 37.1 Å². The van der Waals surface area contributed by atoms with Crippen LogP contribution in [0.15, 0.2) is 35.4 Å². The number of carboxylic acid groups (broad SMARTS) is 1. The summed E-state index contributed by atoms with van der Waals surface area (Å²) in [7, 11) is 0. The number of hydrogen-bond acceptors (Lipinski definition) is 2. The van der Waals surface area contributed by atoms with Gasteiger partial charge in [0.2, 0.25) is 0 Å². The highest BCUT2D eigenvalue weighted by atomic mass is 16.4. The van der Waals surface area contributed by atoms with Gasteiger partial charge < -0.3 is 10.2 Å². The third-order valence-corrected chi connectivity index (χ3v) is 5.75. The Morgan fingerprint density at radius 3 is 2.57 bits per heavy atom. The number of aliphatic hydroxyl groups is 1. The average Bonchev–Trinajstić information content (AvgIpc) is 2.54. The first kappa shape index (κ1) is 16.3. The zero-order valence-electron chi connectivity index (χ0n) is 14.0. The highest BCUT2D eigenvalue weighted by Gasteiger charge is 2.36. The minimum absolute atomic E-state index is 0.238. The number of carbonyl (C=O) groups is 1. The van der Waals surface area contributed by atoms with Crippen LogP contribution in [-0.2, 0) is 0 Å². The SMILES string of the molecule is CC1(C)CCCC2=C1CC(C(O)c1ccc(C(=O)O)cc1)CC2. The molecule has 0 spiro atoms. The van der Waals surface area contributed by atoms with Gasteiger partial charge in [0.15, 0.2) is 0 Å². The van der Waals surface area contributed by atoms with Crippen molar-refractivity contribution in [3.63, 3.8) is 0 Å². The topological polar surface area (TPSA) is 57.5 Å². The molecule has 0 aliphatic heterocycles. The Labute approximate surface area is 138 Å². The van der Waals surface area contributed by atoms with E-state index in [0.717, 1.165) is 24.8 Å². The summed E-state index contributed by atoms with van der Waals surface area (Å²) in [5, 5.41) is 19.7. The summed E-state index contributed by atoms with van der Waals surface area (Å²) in [4.78, 5) is 10.9. The quantitative estimate of drug-likeness (QED) is 0.793. The van der Waals surface area contributed by atoms with Crippen LogP contribution in [0.3, 0.4) is 0 Å². The van der Waals surface area contributed by atoms with Crippen LogP contribution in [0, 0.1) is 11.3 Å². The molecular formula is C20H26O3. The Morgan fingerprint density at radius 1 is 1.22 bits per heavy atom. The van der Waals surface area contributed by atoms with Crippen LogP contribution in [0.1, 0.15) is 74.4 Å². The molecule has 2 N–H and O–H groups in total. The summed E-state index contributed by atoms with van der Waals surface area (Å²) < 4.78 is 0. The summed E-state index contributed by atoms with van der Waals surface area (Å²) in [5.41, 5.74) is 4.56. The molecule has 0 saturated heterocycles. The highest BCUT2D eigenvalue weighted by Crippen LogP contribution is 2.49. The Balaban J connectivity index is 1.77. The molecule has 0 saturated carbocycles. The lowest BCUT2D eigenvalue weighted by molar-refractivity contribution is 0.0695. The Kier molecular flexibility index (Phi) is 4.33. The molecule has 23 heavy (non-hydrogen) atoms. The first-order valence-corrected chi connectivity index (χ1v) is 8.61. The van der Waals surface area contributed by atoms with Crippen molar-refractivity contribution < 1.29 is 15.0 Å². The van der Waals surface area contributed by atoms with E-state index in [0.29, 0.717) is 0 Å². The van der Waals surface area contributed by atoms with Crippen molar-refractivity contribution in [3.8, 4) is 0 Å². The average molecular weight is 314 g/mol. The van der Waals surface area contributed by atoms with E-state index in [2.05, 4.69) is 13.8 Å². The fourth-order valence-corrected chi connectivity index (χ4v) is 4.31. The molecule has 3 rings (SSSR count). The Morgan fingerprint density at radius 2 is 1.91 bits per heavy atom. The monoisotopic (exact) mass is 314 g/mol. The number of aromatic carboxylic acids is 1. The van der Waals surface area contributed by atoms with E-state index in [1.165, 1.54) is 19.3 Å². The van der Waals surface area contributed by atoms with E-state index in [1.54, 1.807) is 35.4 Å². The van der Waals surface area contributed by atoms with Gasteiger partial charge in [-0.05, 0) is 67.6 Å². The van der Waals surface area contributed by atoms with Crippen LogP contribution in [0.2, 0.25) is 0 Å². The second kappa shape index (κ2) is 6.12. The van der Waals surface area contributed by atoms with Gasteiger partial charge in [0.1, 0.15) is 0 Å². The fourth-order valence-electron chi connectivity index (χ4n) is 4.31. The molecule has 0 heterocycles. The molecule has 2 aliphatic carbocycles. The van der Waals surface area contributed by atoms with Gasteiger partial charge in [0, 0.05) is 0 Å². The van der Waals surface area contributed by atoms with Gasteiger partial charge >= 0.3 is 5.97 Å².